The molecule has 9 nitrogen and oxygen atoms in total. The van der Waals surface area contributed by atoms with E-state index in [9.17, 15) is 18.0 Å². The first-order chi connectivity index (χ1) is 16.2. The third kappa shape index (κ3) is 8.44. The Hall–Kier alpha value is -2.95. The minimum Gasteiger partial charge on any atom is -0.497 e. The third-order valence-electron chi connectivity index (χ3n) is 5.31. The minimum atomic E-state index is -3.58. The summed E-state index contributed by atoms with van der Waals surface area (Å²) in [5, 5.41) is 2.82. The van der Waals surface area contributed by atoms with Crippen LogP contribution in [0, 0.1) is 0 Å². The molecule has 186 valence electrons. The van der Waals surface area contributed by atoms with Crippen molar-refractivity contribution in [2.45, 2.75) is 19.0 Å². The molecule has 1 N–H and O–H groups in total. The van der Waals surface area contributed by atoms with Gasteiger partial charge in [-0.3, -0.25) is 9.59 Å². The molecular weight excluding hydrogens is 458 g/mol. The Morgan fingerprint density at radius 3 is 2.21 bits per heavy atom. The summed E-state index contributed by atoms with van der Waals surface area (Å²) in [6, 6.07) is 15.7. The van der Waals surface area contributed by atoms with Crippen molar-refractivity contribution >= 4 is 21.8 Å². The number of nitrogens with one attached hydrogen (secondary N) is 1. The number of amides is 2. The van der Waals surface area contributed by atoms with Crippen LogP contribution in [-0.4, -0.2) is 82.7 Å². The average Bonchev–Trinajstić information content (AvgIpc) is 2.81. The number of nitrogens with zero attached hydrogens (tertiary/aromatic N) is 2. The summed E-state index contributed by atoms with van der Waals surface area (Å²) in [4.78, 5) is 28.0. The fourth-order valence-corrected chi connectivity index (χ4v) is 3.62. The third-order valence-corrected chi connectivity index (χ3v) is 6.57. The molecule has 0 aliphatic heterocycles. The van der Waals surface area contributed by atoms with Crippen LogP contribution in [0.3, 0.4) is 0 Å². The second kappa shape index (κ2) is 13.1. The van der Waals surface area contributed by atoms with Gasteiger partial charge in [0, 0.05) is 33.7 Å². The lowest BCUT2D eigenvalue weighted by Crippen LogP contribution is -2.53. The predicted octanol–water partition coefficient (Wildman–Crippen LogP) is 1.29. The summed E-state index contributed by atoms with van der Waals surface area (Å²) >= 11 is 0. The van der Waals surface area contributed by atoms with Gasteiger partial charge in [0.25, 0.3) is 0 Å². The van der Waals surface area contributed by atoms with E-state index in [1.807, 2.05) is 42.5 Å². The van der Waals surface area contributed by atoms with Crippen molar-refractivity contribution in [3.63, 3.8) is 0 Å². The Morgan fingerprint density at radius 2 is 1.65 bits per heavy atom. The van der Waals surface area contributed by atoms with Crippen molar-refractivity contribution in [2.24, 2.45) is 0 Å². The highest BCUT2D eigenvalue weighted by molar-refractivity contribution is 7.88. The van der Waals surface area contributed by atoms with Crippen molar-refractivity contribution in [1.29, 1.82) is 0 Å². The molecule has 0 saturated carbocycles. The molecule has 0 aliphatic carbocycles. The summed E-state index contributed by atoms with van der Waals surface area (Å²) in [7, 11) is 0.851. The van der Waals surface area contributed by atoms with Gasteiger partial charge >= 0.3 is 0 Å². The van der Waals surface area contributed by atoms with Crippen molar-refractivity contribution < 1.29 is 27.5 Å². The van der Waals surface area contributed by atoms with Gasteiger partial charge in [0.05, 0.1) is 26.5 Å². The molecule has 34 heavy (non-hydrogen) atoms. The van der Waals surface area contributed by atoms with E-state index >= 15 is 0 Å². The summed E-state index contributed by atoms with van der Waals surface area (Å²) < 4.78 is 35.1. The SMILES string of the molecule is COCCNC(=O)C(Cc1ccccc1)N(Cc1ccc(OC)cc1)C(=O)CN(C)S(C)(=O)=O. The molecule has 10 heteroatoms. The Bertz CT molecular complexity index is 1030. The second-order valence-electron chi connectivity index (χ2n) is 7.88. The predicted molar refractivity (Wildman–Crippen MR) is 130 cm³/mol. The minimum absolute atomic E-state index is 0.121. The number of benzene rings is 2. The number of hydrogen-bond donors (Lipinski definition) is 1. The highest BCUT2D eigenvalue weighted by Crippen LogP contribution is 2.18. The van der Waals surface area contributed by atoms with E-state index in [0.29, 0.717) is 12.4 Å². The molecule has 0 fully saturated rings. The molecular formula is C24H33N3O6S. The van der Waals surface area contributed by atoms with Crippen LogP contribution in [0.2, 0.25) is 0 Å². The van der Waals surface area contributed by atoms with Gasteiger partial charge in [-0.05, 0) is 23.3 Å². The molecule has 1 atom stereocenters. The summed E-state index contributed by atoms with van der Waals surface area (Å²) in [6.07, 6.45) is 1.30. The van der Waals surface area contributed by atoms with Crippen LogP contribution in [0.1, 0.15) is 11.1 Å². The number of sulfonamides is 1. The lowest BCUT2D eigenvalue weighted by atomic mass is 10.0. The number of carbonyl (C=O) groups excluding carboxylic acids is 2. The topological polar surface area (TPSA) is 105 Å². The molecule has 2 aromatic rings. The number of rotatable bonds is 13. The van der Waals surface area contributed by atoms with E-state index < -0.39 is 22.0 Å². The molecule has 2 rings (SSSR count). The molecule has 0 aliphatic rings. The van der Waals surface area contributed by atoms with Gasteiger partial charge in [-0.1, -0.05) is 42.5 Å². The number of hydrogen-bond acceptors (Lipinski definition) is 6. The maximum atomic E-state index is 13.4. The molecule has 2 amide bonds. The van der Waals surface area contributed by atoms with Crippen molar-refractivity contribution in [3.05, 3.63) is 65.7 Å². The van der Waals surface area contributed by atoms with E-state index in [1.165, 1.54) is 19.1 Å². The first kappa shape index (κ1) is 27.3. The monoisotopic (exact) mass is 491 g/mol. The fraction of sp³-hybridized carbons (Fsp3) is 0.417. The molecule has 0 spiro atoms. The van der Waals surface area contributed by atoms with E-state index in [0.717, 1.165) is 21.7 Å². The zero-order chi connectivity index (χ0) is 25.1. The van der Waals surface area contributed by atoms with Crippen molar-refractivity contribution in [1.82, 2.24) is 14.5 Å². The zero-order valence-corrected chi connectivity index (χ0v) is 20.9. The molecule has 2 aromatic carbocycles. The summed E-state index contributed by atoms with van der Waals surface area (Å²) in [5.74, 6) is -0.159. The number of methoxy groups -OCH3 is 2. The van der Waals surface area contributed by atoms with Gasteiger partial charge in [-0.25, -0.2) is 8.42 Å². The van der Waals surface area contributed by atoms with E-state index in [2.05, 4.69) is 5.32 Å². The van der Waals surface area contributed by atoms with Gasteiger partial charge in [-0.2, -0.15) is 4.31 Å². The fourth-order valence-electron chi connectivity index (χ4n) is 3.27. The highest BCUT2D eigenvalue weighted by Gasteiger charge is 2.31. The molecule has 0 bridgehead atoms. The Labute approximate surface area is 201 Å². The van der Waals surface area contributed by atoms with Gasteiger partial charge in [0.15, 0.2) is 0 Å². The van der Waals surface area contributed by atoms with Crippen LogP contribution >= 0.6 is 0 Å². The largest absolute Gasteiger partial charge is 0.497 e. The van der Waals surface area contributed by atoms with Crippen LogP contribution in [0.25, 0.3) is 0 Å². The second-order valence-corrected chi connectivity index (χ2v) is 9.97. The van der Waals surface area contributed by atoms with E-state index in [4.69, 9.17) is 9.47 Å². The van der Waals surface area contributed by atoms with Gasteiger partial charge in [0.2, 0.25) is 21.8 Å². The Kier molecular flexibility index (Phi) is 10.5. The molecule has 0 aromatic heterocycles. The first-order valence-corrected chi connectivity index (χ1v) is 12.6. The maximum Gasteiger partial charge on any atom is 0.243 e. The Balaban J connectivity index is 2.41. The van der Waals surface area contributed by atoms with Crippen LogP contribution < -0.4 is 10.1 Å². The molecule has 0 saturated heterocycles. The van der Waals surface area contributed by atoms with Gasteiger partial charge < -0.3 is 19.7 Å². The van der Waals surface area contributed by atoms with Crippen LogP contribution in [-0.2, 0) is 37.3 Å². The number of carbonyl (C=O) groups is 2. The highest BCUT2D eigenvalue weighted by atomic mass is 32.2. The normalized spacial score (nSPS) is 12.3. The van der Waals surface area contributed by atoms with Crippen molar-refractivity contribution in [3.8, 4) is 5.75 Å². The smallest absolute Gasteiger partial charge is 0.243 e. The van der Waals surface area contributed by atoms with Crippen molar-refractivity contribution in [2.75, 3.05) is 47.2 Å². The van der Waals surface area contributed by atoms with Gasteiger partial charge in [-0.15, -0.1) is 0 Å². The quantitative estimate of drug-likeness (QED) is 0.424. The van der Waals surface area contributed by atoms with E-state index in [1.54, 1.807) is 19.2 Å². The first-order valence-electron chi connectivity index (χ1n) is 10.8. The van der Waals surface area contributed by atoms with Crippen LogP contribution in [0.15, 0.2) is 54.6 Å². The lowest BCUT2D eigenvalue weighted by molar-refractivity contribution is -0.141. The van der Waals surface area contributed by atoms with E-state index in [-0.39, 0.29) is 32.0 Å². The number of ether oxygens (including phenoxy) is 2. The molecule has 1 unspecified atom stereocenters. The average molecular weight is 492 g/mol. The number of likely N-dealkylation sites (N-methyl/N-ethyl adjacent to an activating group) is 1. The summed E-state index contributed by atoms with van der Waals surface area (Å²) in [6.45, 7) is 0.350. The standard InChI is InChI=1S/C24H33N3O6S/c1-26(34(4,30)31)18-23(28)27(17-20-10-12-21(33-3)13-11-20)22(24(29)25-14-15-32-2)16-19-8-6-5-7-9-19/h5-13,22H,14-18H2,1-4H3,(H,25,29). The summed E-state index contributed by atoms with van der Waals surface area (Å²) in [5.41, 5.74) is 1.65. The molecule has 0 radical (unpaired) electrons. The lowest BCUT2D eigenvalue weighted by Gasteiger charge is -2.32. The zero-order valence-electron chi connectivity index (χ0n) is 20.1. The molecule has 0 heterocycles. The Morgan fingerprint density at radius 1 is 1.00 bits per heavy atom. The van der Waals surface area contributed by atoms with Crippen LogP contribution in [0.4, 0.5) is 0 Å². The maximum absolute atomic E-state index is 13.4. The van der Waals surface area contributed by atoms with Crippen LogP contribution in [0.5, 0.6) is 5.75 Å². The van der Waals surface area contributed by atoms with Gasteiger partial charge in [0.1, 0.15) is 11.8 Å².